The van der Waals surface area contributed by atoms with Crippen LogP contribution >= 0.6 is 0 Å². The number of aliphatic hydroxyl groups is 2. The molecule has 0 radical (unpaired) electrons. The smallest absolute Gasteiger partial charge is 0.132 e. The van der Waals surface area contributed by atoms with Gasteiger partial charge in [-0.2, -0.15) is 0 Å². The standard InChI is InChI=1S/C8H8F2O2/c9-5-2-1-3-6(10)8(5)7(12)4-11/h1-3,7,11-12H,4H2. The Kier molecular flexibility index (Phi) is 2.73. The maximum atomic E-state index is 12.8. The van der Waals surface area contributed by atoms with Crippen LogP contribution in [0.3, 0.4) is 0 Å². The number of rotatable bonds is 2. The van der Waals surface area contributed by atoms with Gasteiger partial charge in [0.2, 0.25) is 0 Å². The summed E-state index contributed by atoms with van der Waals surface area (Å²) in [7, 11) is 0. The number of benzene rings is 1. The van der Waals surface area contributed by atoms with Crippen molar-refractivity contribution in [1.82, 2.24) is 0 Å². The maximum Gasteiger partial charge on any atom is 0.132 e. The van der Waals surface area contributed by atoms with Crippen molar-refractivity contribution >= 4 is 0 Å². The molecule has 0 spiro atoms. The molecule has 66 valence electrons. The van der Waals surface area contributed by atoms with E-state index < -0.39 is 29.9 Å². The molecule has 4 heteroatoms. The van der Waals surface area contributed by atoms with Crippen LogP contribution in [0.15, 0.2) is 18.2 Å². The molecule has 1 atom stereocenters. The van der Waals surface area contributed by atoms with Gasteiger partial charge in [0.15, 0.2) is 0 Å². The normalized spacial score (nSPS) is 13.0. The van der Waals surface area contributed by atoms with Crippen LogP contribution in [0, 0.1) is 11.6 Å². The summed E-state index contributed by atoms with van der Waals surface area (Å²) in [5.74, 6) is -1.70. The van der Waals surface area contributed by atoms with Crippen molar-refractivity contribution in [2.75, 3.05) is 6.61 Å². The van der Waals surface area contributed by atoms with Crippen LogP contribution in [0.5, 0.6) is 0 Å². The van der Waals surface area contributed by atoms with Crippen molar-refractivity contribution in [2.45, 2.75) is 6.10 Å². The topological polar surface area (TPSA) is 40.5 Å². The molecular formula is C8H8F2O2. The van der Waals surface area contributed by atoms with Crippen LogP contribution < -0.4 is 0 Å². The summed E-state index contributed by atoms with van der Waals surface area (Å²) in [5, 5.41) is 17.4. The predicted molar refractivity (Wildman–Crippen MR) is 38.4 cm³/mol. The third-order valence-electron chi connectivity index (χ3n) is 1.51. The summed E-state index contributed by atoms with van der Waals surface area (Å²) >= 11 is 0. The van der Waals surface area contributed by atoms with Crippen molar-refractivity contribution in [2.24, 2.45) is 0 Å². The van der Waals surface area contributed by atoms with Crippen LogP contribution in [0.4, 0.5) is 8.78 Å². The minimum Gasteiger partial charge on any atom is -0.393 e. The summed E-state index contributed by atoms with van der Waals surface area (Å²) in [4.78, 5) is 0. The minimum absolute atomic E-state index is 0.486. The molecule has 0 fully saturated rings. The minimum atomic E-state index is -1.49. The molecule has 0 aromatic heterocycles. The molecule has 2 N–H and O–H groups in total. The summed E-state index contributed by atoms with van der Waals surface area (Å²) in [6, 6.07) is 3.24. The number of halogens is 2. The van der Waals surface area contributed by atoms with Gasteiger partial charge in [0, 0.05) is 0 Å². The molecule has 0 saturated heterocycles. The second-order valence-corrected chi connectivity index (χ2v) is 2.33. The van der Waals surface area contributed by atoms with Crippen LogP contribution in [0.1, 0.15) is 11.7 Å². The zero-order chi connectivity index (χ0) is 9.14. The molecule has 1 rings (SSSR count). The molecule has 0 bridgehead atoms. The second-order valence-electron chi connectivity index (χ2n) is 2.33. The lowest BCUT2D eigenvalue weighted by molar-refractivity contribution is 0.0894. The van der Waals surface area contributed by atoms with E-state index >= 15 is 0 Å². The fraction of sp³-hybridized carbons (Fsp3) is 0.250. The molecule has 1 aromatic rings. The van der Waals surface area contributed by atoms with Gasteiger partial charge in [-0.05, 0) is 12.1 Å². The largest absolute Gasteiger partial charge is 0.393 e. The molecule has 0 aliphatic carbocycles. The van der Waals surface area contributed by atoms with Crippen molar-refractivity contribution in [1.29, 1.82) is 0 Å². The van der Waals surface area contributed by atoms with E-state index in [1.165, 1.54) is 6.07 Å². The fourth-order valence-corrected chi connectivity index (χ4v) is 0.920. The van der Waals surface area contributed by atoms with Crippen molar-refractivity contribution in [3.63, 3.8) is 0 Å². The van der Waals surface area contributed by atoms with Gasteiger partial charge < -0.3 is 10.2 Å². The lowest BCUT2D eigenvalue weighted by Crippen LogP contribution is -2.07. The summed E-state index contributed by atoms with van der Waals surface area (Å²) in [5.41, 5.74) is -0.486. The van der Waals surface area contributed by atoms with Gasteiger partial charge in [-0.25, -0.2) is 8.78 Å². The second kappa shape index (κ2) is 3.60. The lowest BCUT2D eigenvalue weighted by Gasteiger charge is -2.08. The van der Waals surface area contributed by atoms with Crippen LogP contribution in [0.2, 0.25) is 0 Å². The Hall–Kier alpha value is -1.00. The Balaban J connectivity index is 3.12. The SMILES string of the molecule is OCC(O)c1c(F)cccc1F. The summed E-state index contributed by atoms with van der Waals surface area (Å²) in [6.45, 7) is -0.697. The zero-order valence-electron chi connectivity index (χ0n) is 6.17. The molecule has 0 heterocycles. The highest BCUT2D eigenvalue weighted by molar-refractivity contribution is 5.21. The van der Waals surface area contributed by atoms with Crippen molar-refractivity contribution < 1.29 is 19.0 Å². The van der Waals surface area contributed by atoms with Gasteiger partial charge in [-0.1, -0.05) is 6.07 Å². The maximum absolute atomic E-state index is 12.8. The highest BCUT2D eigenvalue weighted by Gasteiger charge is 2.15. The quantitative estimate of drug-likeness (QED) is 0.701. The molecule has 0 amide bonds. The van der Waals surface area contributed by atoms with Crippen LogP contribution in [-0.2, 0) is 0 Å². The van der Waals surface area contributed by atoms with E-state index in [9.17, 15) is 8.78 Å². The lowest BCUT2D eigenvalue weighted by atomic mass is 10.1. The van der Waals surface area contributed by atoms with Gasteiger partial charge >= 0.3 is 0 Å². The molecule has 1 unspecified atom stereocenters. The van der Waals surface area contributed by atoms with E-state index in [1.54, 1.807) is 0 Å². The summed E-state index contributed by atoms with van der Waals surface area (Å²) in [6.07, 6.45) is -1.49. The number of hydrogen-bond donors (Lipinski definition) is 2. The van der Waals surface area contributed by atoms with E-state index in [-0.39, 0.29) is 0 Å². The first kappa shape index (κ1) is 9.09. The van der Waals surface area contributed by atoms with Crippen LogP contribution in [0.25, 0.3) is 0 Å². The Morgan fingerprint density at radius 3 is 2.17 bits per heavy atom. The van der Waals surface area contributed by atoms with Gasteiger partial charge in [-0.3, -0.25) is 0 Å². The predicted octanol–water partition coefficient (Wildman–Crippen LogP) is 0.990. The van der Waals surface area contributed by atoms with Gasteiger partial charge in [-0.15, -0.1) is 0 Å². The molecule has 12 heavy (non-hydrogen) atoms. The fourth-order valence-electron chi connectivity index (χ4n) is 0.920. The molecule has 0 aliphatic rings. The average molecular weight is 174 g/mol. The highest BCUT2D eigenvalue weighted by atomic mass is 19.1. The molecular weight excluding hydrogens is 166 g/mol. The molecule has 2 nitrogen and oxygen atoms in total. The van der Waals surface area contributed by atoms with Gasteiger partial charge in [0.05, 0.1) is 12.2 Å². The molecule has 0 aliphatic heterocycles. The van der Waals surface area contributed by atoms with E-state index in [1.807, 2.05) is 0 Å². The first-order valence-corrected chi connectivity index (χ1v) is 3.39. The average Bonchev–Trinajstić information content (AvgIpc) is 2.03. The van der Waals surface area contributed by atoms with E-state index in [0.29, 0.717) is 0 Å². The van der Waals surface area contributed by atoms with Crippen molar-refractivity contribution in [3.8, 4) is 0 Å². The van der Waals surface area contributed by atoms with Crippen LogP contribution in [-0.4, -0.2) is 16.8 Å². The Labute approximate surface area is 68.1 Å². The number of hydrogen-bond acceptors (Lipinski definition) is 2. The summed E-state index contributed by atoms with van der Waals surface area (Å²) < 4.78 is 25.6. The molecule has 1 aromatic carbocycles. The number of aliphatic hydroxyl groups excluding tert-OH is 2. The Morgan fingerprint density at radius 2 is 1.75 bits per heavy atom. The Bertz CT molecular complexity index is 256. The third-order valence-corrected chi connectivity index (χ3v) is 1.51. The monoisotopic (exact) mass is 174 g/mol. The Morgan fingerprint density at radius 1 is 1.25 bits per heavy atom. The first-order chi connectivity index (χ1) is 5.66. The van der Waals surface area contributed by atoms with E-state index in [4.69, 9.17) is 10.2 Å². The highest BCUT2D eigenvalue weighted by Crippen LogP contribution is 2.19. The first-order valence-electron chi connectivity index (χ1n) is 3.39. The molecule has 0 saturated carbocycles. The van der Waals surface area contributed by atoms with E-state index in [2.05, 4.69) is 0 Å². The van der Waals surface area contributed by atoms with E-state index in [0.717, 1.165) is 12.1 Å². The third kappa shape index (κ3) is 1.60. The van der Waals surface area contributed by atoms with Gasteiger partial charge in [0.25, 0.3) is 0 Å². The van der Waals surface area contributed by atoms with Crippen molar-refractivity contribution in [3.05, 3.63) is 35.4 Å². The van der Waals surface area contributed by atoms with Gasteiger partial charge in [0.1, 0.15) is 17.7 Å². The zero-order valence-corrected chi connectivity index (χ0v) is 6.17.